The molecule has 0 bridgehead atoms. The number of nitrogens with one attached hydrogen (secondary N) is 3. The van der Waals surface area contributed by atoms with E-state index in [4.69, 9.17) is 4.74 Å². The lowest BCUT2D eigenvalue weighted by Gasteiger charge is -2.20. The monoisotopic (exact) mass is 467 g/mol. The number of anilines is 2. The summed E-state index contributed by atoms with van der Waals surface area (Å²) in [5.41, 5.74) is 5.10. The third kappa shape index (κ3) is 5.22. The molecular formula is C29H29N3O3. The number of carbonyl (C=O) groups excluding carboxylic acids is 2. The number of aromatic amines is 1. The number of fused-ring (bicyclic) bond motifs is 1. The van der Waals surface area contributed by atoms with Crippen molar-refractivity contribution in [3.8, 4) is 17.0 Å². The van der Waals surface area contributed by atoms with E-state index in [9.17, 15) is 9.59 Å². The molecule has 0 unspecified atom stereocenters. The van der Waals surface area contributed by atoms with Gasteiger partial charge in [0, 0.05) is 39.5 Å². The van der Waals surface area contributed by atoms with Gasteiger partial charge in [0.2, 0.25) is 5.91 Å². The Morgan fingerprint density at radius 1 is 0.829 bits per heavy atom. The maximum atomic E-state index is 12.6. The Kier molecular flexibility index (Phi) is 6.53. The number of amides is 2. The van der Waals surface area contributed by atoms with Gasteiger partial charge in [0.1, 0.15) is 5.75 Å². The SMILES string of the molecule is COc1ccc(C(=O)Nc2ccc3[nH]c(-c4ccc(NC(=O)C5CCCCC5)cc4)cc3c2)cc1. The molecule has 3 N–H and O–H groups in total. The number of hydrogen-bond acceptors (Lipinski definition) is 3. The first-order chi connectivity index (χ1) is 17.1. The summed E-state index contributed by atoms with van der Waals surface area (Å²) in [5.74, 6) is 0.805. The van der Waals surface area contributed by atoms with Gasteiger partial charge in [-0.05, 0) is 79.1 Å². The lowest BCUT2D eigenvalue weighted by Crippen LogP contribution is -2.24. The number of rotatable bonds is 6. The minimum absolute atomic E-state index is 0.132. The molecule has 1 aliphatic carbocycles. The summed E-state index contributed by atoms with van der Waals surface area (Å²) < 4.78 is 5.15. The van der Waals surface area contributed by atoms with Crippen LogP contribution in [0.1, 0.15) is 42.5 Å². The van der Waals surface area contributed by atoms with Crippen LogP contribution in [0.4, 0.5) is 11.4 Å². The number of hydrogen-bond donors (Lipinski definition) is 3. The highest BCUT2D eigenvalue weighted by Crippen LogP contribution is 2.29. The van der Waals surface area contributed by atoms with Crippen LogP contribution in [0.5, 0.6) is 5.75 Å². The van der Waals surface area contributed by atoms with Crippen LogP contribution in [0.2, 0.25) is 0 Å². The van der Waals surface area contributed by atoms with E-state index in [0.29, 0.717) is 11.3 Å². The number of benzene rings is 3. The zero-order chi connectivity index (χ0) is 24.2. The van der Waals surface area contributed by atoms with Crippen LogP contribution in [-0.4, -0.2) is 23.9 Å². The average molecular weight is 468 g/mol. The second-order valence-electron chi connectivity index (χ2n) is 9.07. The molecule has 5 rings (SSSR count). The van der Waals surface area contributed by atoms with Gasteiger partial charge in [-0.25, -0.2) is 0 Å². The van der Waals surface area contributed by atoms with Gasteiger partial charge in [-0.1, -0.05) is 31.4 Å². The standard InChI is InChI=1S/C29H29N3O3/c1-35-25-14-9-21(10-15-25)29(34)31-24-13-16-26-22(17-24)18-27(32-26)19-7-11-23(12-8-19)30-28(33)20-5-3-2-4-6-20/h7-18,20,32H,2-6H2,1H3,(H,30,33)(H,31,34). The van der Waals surface area contributed by atoms with Crippen LogP contribution in [0.15, 0.2) is 72.8 Å². The number of carbonyl (C=O) groups is 2. The number of methoxy groups -OCH3 is 1. The summed E-state index contributed by atoms with van der Waals surface area (Å²) >= 11 is 0. The molecule has 1 heterocycles. The van der Waals surface area contributed by atoms with Crippen LogP contribution in [-0.2, 0) is 4.79 Å². The predicted octanol–water partition coefficient (Wildman–Crippen LogP) is 6.61. The molecule has 0 spiro atoms. The van der Waals surface area contributed by atoms with Gasteiger partial charge in [0.25, 0.3) is 5.91 Å². The molecule has 0 radical (unpaired) electrons. The summed E-state index contributed by atoms with van der Waals surface area (Å²) in [6.45, 7) is 0. The molecule has 1 aromatic heterocycles. The summed E-state index contributed by atoms with van der Waals surface area (Å²) in [5, 5.41) is 7.02. The first-order valence-electron chi connectivity index (χ1n) is 12.1. The fraction of sp³-hybridized carbons (Fsp3) is 0.241. The van der Waals surface area contributed by atoms with Crippen molar-refractivity contribution in [2.24, 2.45) is 5.92 Å². The van der Waals surface area contributed by atoms with Crippen molar-refractivity contribution < 1.29 is 14.3 Å². The molecular weight excluding hydrogens is 438 g/mol. The molecule has 6 nitrogen and oxygen atoms in total. The minimum atomic E-state index is -0.173. The molecule has 35 heavy (non-hydrogen) atoms. The van der Waals surface area contributed by atoms with E-state index in [0.717, 1.165) is 59.2 Å². The van der Waals surface area contributed by atoms with Gasteiger partial charge in [-0.2, -0.15) is 0 Å². The van der Waals surface area contributed by atoms with Gasteiger partial charge < -0.3 is 20.4 Å². The smallest absolute Gasteiger partial charge is 0.255 e. The Bertz CT molecular complexity index is 1330. The molecule has 0 aliphatic heterocycles. The second kappa shape index (κ2) is 10.1. The lowest BCUT2D eigenvalue weighted by atomic mass is 9.88. The minimum Gasteiger partial charge on any atom is -0.497 e. The second-order valence-corrected chi connectivity index (χ2v) is 9.07. The number of aromatic nitrogens is 1. The van der Waals surface area contributed by atoms with Crippen molar-refractivity contribution in [1.29, 1.82) is 0 Å². The third-order valence-electron chi connectivity index (χ3n) is 6.67. The van der Waals surface area contributed by atoms with E-state index in [1.807, 2.05) is 42.5 Å². The van der Waals surface area contributed by atoms with Gasteiger partial charge in [-0.3, -0.25) is 9.59 Å². The van der Waals surface area contributed by atoms with E-state index >= 15 is 0 Å². The van der Waals surface area contributed by atoms with Crippen molar-refractivity contribution in [2.75, 3.05) is 17.7 Å². The average Bonchev–Trinajstić information content (AvgIpc) is 3.33. The van der Waals surface area contributed by atoms with Gasteiger partial charge in [0.15, 0.2) is 0 Å². The zero-order valence-electron chi connectivity index (χ0n) is 19.8. The Hall–Kier alpha value is -4.06. The summed E-state index contributed by atoms with van der Waals surface area (Å²) in [4.78, 5) is 28.5. The van der Waals surface area contributed by atoms with Crippen molar-refractivity contribution in [3.05, 3.63) is 78.4 Å². The molecule has 1 aliphatic rings. The molecule has 4 aromatic rings. The van der Waals surface area contributed by atoms with Gasteiger partial charge in [-0.15, -0.1) is 0 Å². The number of H-pyrrole nitrogens is 1. The fourth-order valence-corrected chi connectivity index (χ4v) is 4.65. The first kappa shape index (κ1) is 22.7. The Morgan fingerprint density at radius 3 is 2.26 bits per heavy atom. The van der Waals surface area contributed by atoms with Crippen LogP contribution in [0, 0.1) is 5.92 Å². The molecule has 6 heteroatoms. The maximum absolute atomic E-state index is 12.6. The van der Waals surface area contributed by atoms with Crippen LogP contribution in [0.25, 0.3) is 22.2 Å². The van der Waals surface area contributed by atoms with Crippen molar-refractivity contribution in [2.45, 2.75) is 32.1 Å². The lowest BCUT2D eigenvalue weighted by molar-refractivity contribution is -0.120. The van der Waals surface area contributed by atoms with Crippen LogP contribution < -0.4 is 15.4 Å². The topological polar surface area (TPSA) is 83.2 Å². The van der Waals surface area contributed by atoms with E-state index in [1.54, 1.807) is 31.4 Å². The predicted molar refractivity (Wildman–Crippen MR) is 140 cm³/mol. The van der Waals surface area contributed by atoms with Crippen molar-refractivity contribution in [3.63, 3.8) is 0 Å². The van der Waals surface area contributed by atoms with E-state index in [2.05, 4.69) is 21.7 Å². The zero-order valence-corrected chi connectivity index (χ0v) is 19.8. The van der Waals surface area contributed by atoms with Crippen LogP contribution in [0.3, 0.4) is 0 Å². The summed E-state index contributed by atoms with van der Waals surface area (Å²) in [6, 6.07) is 22.8. The molecule has 178 valence electrons. The van der Waals surface area contributed by atoms with E-state index in [1.165, 1.54) is 6.42 Å². The molecule has 3 aromatic carbocycles. The molecule has 2 amide bonds. The fourth-order valence-electron chi connectivity index (χ4n) is 4.65. The third-order valence-corrected chi connectivity index (χ3v) is 6.67. The van der Waals surface area contributed by atoms with E-state index < -0.39 is 0 Å². The number of ether oxygens (including phenoxy) is 1. The van der Waals surface area contributed by atoms with Crippen molar-refractivity contribution in [1.82, 2.24) is 4.98 Å². The highest BCUT2D eigenvalue weighted by atomic mass is 16.5. The maximum Gasteiger partial charge on any atom is 0.255 e. The highest BCUT2D eigenvalue weighted by molar-refractivity contribution is 6.05. The normalized spacial score (nSPS) is 14.0. The largest absolute Gasteiger partial charge is 0.497 e. The summed E-state index contributed by atoms with van der Waals surface area (Å²) in [7, 11) is 1.60. The Labute approximate surface area is 204 Å². The van der Waals surface area contributed by atoms with Crippen LogP contribution >= 0.6 is 0 Å². The first-order valence-corrected chi connectivity index (χ1v) is 12.1. The van der Waals surface area contributed by atoms with Gasteiger partial charge in [0.05, 0.1) is 7.11 Å². The Morgan fingerprint density at radius 2 is 1.54 bits per heavy atom. The Balaban J connectivity index is 1.27. The molecule has 1 fully saturated rings. The van der Waals surface area contributed by atoms with Gasteiger partial charge >= 0.3 is 0 Å². The summed E-state index contributed by atoms with van der Waals surface area (Å²) in [6.07, 6.45) is 5.50. The van der Waals surface area contributed by atoms with E-state index in [-0.39, 0.29) is 17.7 Å². The molecule has 0 saturated heterocycles. The van der Waals surface area contributed by atoms with Crippen molar-refractivity contribution >= 4 is 34.1 Å². The molecule has 1 saturated carbocycles. The molecule has 0 atom stereocenters. The quantitative estimate of drug-likeness (QED) is 0.298. The highest BCUT2D eigenvalue weighted by Gasteiger charge is 2.21.